The first-order valence-corrected chi connectivity index (χ1v) is 7.67. The van der Waals surface area contributed by atoms with Crippen molar-refractivity contribution in [3.8, 4) is 0 Å². The van der Waals surface area contributed by atoms with Crippen molar-refractivity contribution in [1.29, 1.82) is 0 Å². The molecule has 1 fully saturated rings. The van der Waals surface area contributed by atoms with Gasteiger partial charge in [-0.05, 0) is 31.4 Å². The summed E-state index contributed by atoms with van der Waals surface area (Å²) >= 11 is 1.59. The number of aliphatic hydroxyl groups is 1. The minimum atomic E-state index is -0.808. The molecule has 0 aromatic carbocycles. The van der Waals surface area contributed by atoms with Crippen molar-refractivity contribution in [3.63, 3.8) is 0 Å². The quantitative estimate of drug-likeness (QED) is 0.794. The molecule has 100 valence electrons. The SMILES string of the molecule is CSCC(C)(O)CNC(=O)C1CCCC1(C)C. The number of carbonyl (C=O) groups excluding carboxylic acids is 1. The smallest absolute Gasteiger partial charge is 0.223 e. The van der Waals surface area contributed by atoms with E-state index in [2.05, 4.69) is 19.2 Å². The summed E-state index contributed by atoms with van der Waals surface area (Å²) in [6.07, 6.45) is 5.18. The fourth-order valence-electron chi connectivity index (χ4n) is 2.58. The molecule has 2 unspecified atom stereocenters. The van der Waals surface area contributed by atoms with Crippen molar-refractivity contribution >= 4 is 17.7 Å². The Morgan fingerprint density at radius 3 is 2.71 bits per heavy atom. The molecule has 2 N–H and O–H groups in total. The molecule has 17 heavy (non-hydrogen) atoms. The molecule has 0 spiro atoms. The molecule has 2 atom stereocenters. The van der Waals surface area contributed by atoms with Crippen molar-refractivity contribution in [2.45, 2.75) is 45.6 Å². The monoisotopic (exact) mass is 259 g/mol. The first kappa shape index (κ1) is 14.8. The van der Waals surface area contributed by atoms with Gasteiger partial charge in [0.15, 0.2) is 0 Å². The topological polar surface area (TPSA) is 49.3 Å². The summed E-state index contributed by atoms with van der Waals surface area (Å²) in [6.45, 7) is 6.43. The largest absolute Gasteiger partial charge is 0.387 e. The van der Waals surface area contributed by atoms with Gasteiger partial charge in [-0.25, -0.2) is 0 Å². The molecule has 4 heteroatoms. The fourth-order valence-corrected chi connectivity index (χ4v) is 3.30. The first-order valence-electron chi connectivity index (χ1n) is 6.27. The molecular formula is C13H25NO2S. The van der Waals surface area contributed by atoms with Crippen LogP contribution in [0.15, 0.2) is 0 Å². The molecule has 1 saturated carbocycles. The number of nitrogens with one attached hydrogen (secondary N) is 1. The van der Waals surface area contributed by atoms with Crippen LogP contribution in [0.25, 0.3) is 0 Å². The Kier molecular flexibility index (Phi) is 4.90. The van der Waals surface area contributed by atoms with Crippen LogP contribution in [0.2, 0.25) is 0 Å². The Bertz CT molecular complexity index is 277. The standard InChI is InChI=1S/C13H25NO2S/c1-12(2)7-5-6-10(12)11(15)14-8-13(3,16)9-17-4/h10,16H,5-9H2,1-4H3,(H,14,15). The Labute approximate surface area is 109 Å². The summed E-state index contributed by atoms with van der Waals surface area (Å²) in [5.74, 6) is 0.850. The molecule has 1 rings (SSSR count). The summed E-state index contributed by atoms with van der Waals surface area (Å²) < 4.78 is 0. The lowest BCUT2D eigenvalue weighted by molar-refractivity contribution is -0.128. The van der Waals surface area contributed by atoms with E-state index in [0.717, 1.165) is 19.3 Å². The highest BCUT2D eigenvalue weighted by Gasteiger charge is 2.39. The molecule has 0 saturated heterocycles. The second-order valence-corrected chi connectivity index (χ2v) is 6.95. The van der Waals surface area contributed by atoms with Crippen molar-refractivity contribution in [2.75, 3.05) is 18.6 Å². The Hall–Kier alpha value is -0.220. The van der Waals surface area contributed by atoms with Gasteiger partial charge in [-0.3, -0.25) is 4.79 Å². The second-order valence-electron chi connectivity index (χ2n) is 6.08. The van der Waals surface area contributed by atoms with E-state index in [4.69, 9.17) is 0 Å². The van der Waals surface area contributed by atoms with Crippen molar-refractivity contribution in [1.82, 2.24) is 5.32 Å². The van der Waals surface area contributed by atoms with Crippen LogP contribution in [0, 0.1) is 11.3 Å². The third kappa shape index (κ3) is 4.18. The predicted molar refractivity (Wildman–Crippen MR) is 73.1 cm³/mol. The minimum absolute atomic E-state index is 0.104. The summed E-state index contributed by atoms with van der Waals surface area (Å²) in [5.41, 5.74) is -0.701. The molecule has 1 aliphatic carbocycles. The van der Waals surface area contributed by atoms with Gasteiger partial charge in [0.25, 0.3) is 0 Å². The third-order valence-corrected chi connectivity index (χ3v) is 4.58. The van der Waals surface area contributed by atoms with Crippen LogP contribution in [0.5, 0.6) is 0 Å². The van der Waals surface area contributed by atoms with E-state index in [1.54, 1.807) is 18.7 Å². The molecule has 0 heterocycles. The van der Waals surface area contributed by atoms with E-state index >= 15 is 0 Å². The molecule has 1 aliphatic rings. The fraction of sp³-hybridized carbons (Fsp3) is 0.923. The van der Waals surface area contributed by atoms with E-state index in [1.165, 1.54) is 0 Å². The maximum Gasteiger partial charge on any atom is 0.223 e. The maximum atomic E-state index is 12.1. The van der Waals surface area contributed by atoms with E-state index < -0.39 is 5.60 Å². The molecular weight excluding hydrogens is 234 g/mol. The number of thioether (sulfide) groups is 1. The number of amides is 1. The van der Waals surface area contributed by atoms with Crippen LogP contribution in [0.3, 0.4) is 0 Å². The molecule has 0 aliphatic heterocycles. The van der Waals surface area contributed by atoms with Crippen molar-refractivity contribution in [2.24, 2.45) is 11.3 Å². The maximum absolute atomic E-state index is 12.1. The van der Waals surface area contributed by atoms with E-state index in [1.807, 2.05) is 6.26 Å². The minimum Gasteiger partial charge on any atom is -0.387 e. The lowest BCUT2D eigenvalue weighted by atomic mass is 9.81. The van der Waals surface area contributed by atoms with Gasteiger partial charge in [0.05, 0.1) is 5.60 Å². The molecule has 3 nitrogen and oxygen atoms in total. The Balaban J connectivity index is 2.45. The lowest BCUT2D eigenvalue weighted by Crippen LogP contribution is -2.45. The highest BCUT2D eigenvalue weighted by atomic mass is 32.2. The summed E-state index contributed by atoms with van der Waals surface area (Å²) in [6, 6.07) is 0. The first-order chi connectivity index (χ1) is 7.78. The normalized spacial score (nSPS) is 26.5. The van der Waals surface area contributed by atoms with Gasteiger partial charge in [0.2, 0.25) is 5.91 Å². The Morgan fingerprint density at radius 2 is 2.24 bits per heavy atom. The zero-order valence-electron chi connectivity index (χ0n) is 11.4. The van der Waals surface area contributed by atoms with Gasteiger partial charge in [-0.1, -0.05) is 20.3 Å². The van der Waals surface area contributed by atoms with Gasteiger partial charge in [-0.2, -0.15) is 11.8 Å². The van der Waals surface area contributed by atoms with E-state index in [9.17, 15) is 9.90 Å². The molecule has 1 amide bonds. The number of hydrogen-bond donors (Lipinski definition) is 2. The summed E-state index contributed by atoms with van der Waals surface area (Å²) in [5, 5.41) is 12.9. The van der Waals surface area contributed by atoms with Crippen LogP contribution in [-0.4, -0.2) is 35.2 Å². The average molecular weight is 259 g/mol. The number of hydrogen-bond acceptors (Lipinski definition) is 3. The zero-order valence-corrected chi connectivity index (χ0v) is 12.2. The van der Waals surface area contributed by atoms with Crippen LogP contribution in [0.4, 0.5) is 0 Å². The van der Waals surface area contributed by atoms with Crippen LogP contribution < -0.4 is 5.32 Å². The molecule has 0 bridgehead atoms. The summed E-state index contributed by atoms with van der Waals surface area (Å²) in [7, 11) is 0. The molecule has 0 aromatic rings. The number of carbonyl (C=O) groups is 1. The van der Waals surface area contributed by atoms with Gasteiger partial charge in [0, 0.05) is 18.2 Å². The van der Waals surface area contributed by atoms with Gasteiger partial charge in [-0.15, -0.1) is 0 Å². The highest BCUT2D eigenvalue weighted by molar-refractivity contribution is 7.98. The third-order valence-electron chi connectivity index (χ3n) is 3.67. The van der Waals surface area contributed by atoms with Crippen molar-refractivity contribution in [3.05, 3.63) is 0 Å². The van der Waals surface area contributed by atoms with Gasteiger partial charge < -0.3 is 10.4 Å². The van der Waals surface area contributed by atoms with E-state index in [0.29, 0.717) is 12.3 Å². The average Bonchev–Trinajstić information content (AvgIpc) is 2.55. The Morgan fingerprint density at radius 1 is 1.59 bits per heavy atom. The van der Waals surface area contributed by atoms with Crippen LogP contribution >= 0.6 is 11.8 Å². The lowest BCUT2D eigenvalue weighted by Gasteiger charge is -2.28. The highest BCUT2D eigenvalue weighted by Crippen LogP contribution is 2.42. The van der Waals surface area contributed by atoms with Gasteiger partial charge in [0.1, 0.15) is 0 Å². The summed E-state index contributed by atoms with van der Waals surface area (Å²) in [4.78, 5) is 12.1. The molecule has 0 aromatic heterocycles. The van der Waals surface area contributed by atoms with Crippen LogP contribution in [0.1, 0.15) is 40.0 Å². The van der Waals surface area contributed by atoms with Gasteiger partial charge >= 0.3 is 0 Å². The van der Waals surface area contributed by atoms with Crippen LogP contribution in [-0.2, 0) is 4.79 Å². The predicted octanol–water partition coefficient (Wildman–Crippen LogP) is 2.04. The van der Waals surface area contributed by atoms with E-state index in [-0.39, 0.29) is 17.2 Å². The zero-order chi connectivity index (χ0) is 13.1. The number of rotatable bonds is 5. The molecule has 0 radical (unpaired) electrons. The van der Waals surface area contributed by atoms with Crippen molar-refractivity contribution < 1.29 is 9.90 Å². The second kappa shape index (κ2) is 5.61.